The molecule has 2 fully saturated rings. The monoisotopic (exact) mass is 154 g/mol. The molecular weight excluding hydrogens is 136 g/mol. The Balaban J connectivity index is 1.93. The van der Waals surface area contributed by atoms with Gasteiger partial charge in [0.1, 0.15) is 0 Å². The van der Waals surface area contributed by atoms with Gasteiger partial charge < -0.3 is 0 Å². The van der Waals surface area contributed by atoms with Crippen molar-refractivity contribution >= 4 is 0 Å². The first kappa shape index (κ1) is 7.56. The number of rotatable bonds is 0. The fourth-order valence-corrected chi connectivity index (χ4v) is 2.24. The smallest absolute Gasteiger partial charge is 0.0243 e. The number of fused-ring (bicyclic) bond motifs is 1. The lowest BCUT2D eigenvalue weighted by Gasteiger charge is -2.34. The Kier molecular flexibility index (Phi) is 2.44. The first-order valence-corrected chi connectivity index (χ1v) is 4.97. The van der Waals surface area contributed by atoms with Crippen LogP contribution in [-0.4, -0.2) is 24.1 Å². The second-order valence-electron chi connectivity index (χ2n) is 3.75. The predicted octanol–water partition coefficient (Wildman–Crippen LogP) is 1.53. The quantitative estimate of drug-likeness (QED) is 0.569. The van der Waals surface area contributed by atoms with Crippen LogP contribution in [0.2, 0.25) is 0 Å². The zero-order valence-corrected chi connectivity index (χ0v) is 7.18. The van der Waals surface area contributed by atoms with Gasteiger partial charge in [-0.1, -0.05) is 12.8 Å². The summed E-state index contributed by atoms with van der Waals surface area (Å²) in [6.45, 7) is 2.49. The standard InChI is InChI=1S/C9H18N2/c1-3-7-10-11-8-4-2-6-9(11)5-1/h9-10H,1-8H2. The molecule has 2 heterocycles. The largest absolute Gasteiger partial charge is 0.255 e. The summed E-state index contributed by atoms with van der Waals surface area (Å²) in [6, 6.07) is 0.867. The zero-order chi connectivity index (χ0) is 7.52. The lowest BCUT2D eigenvalue weighted by Crippen LogP contribution is -2.47. The average Bonchev–Trinajstić information content (AvgIpc) is 2.28. The lowest BCUT2D eigenvalue weighted by atomic mass is 10.00. The van der Waals surface area contributed by atoms with Crippen LogP contribution in [0.4, 0.5) is 0 Å². The Labute approximate surface area is 68.9 Å². The molecule has 2 nitrogen and oxygen atoms in total. The molecule has 2 heteroatoms. The van der Waals surface area contributed by atoms with Gasteiger partial charge >= 0.3 is 0 Å². The highest BCUT2D eigenvalue weighted by Gasteiger charge is 2.22. The SMILES string of the molecule is C1CCC2CCCCN2NC1. The maximum absolute atomic E-state index is 3.52. The van der Waals surface area contributed by atoms with Crippen molar-refractivity contribution in [3.63, 3.8) is 0 Å². The van der Waals surface area contributed by atoms with E-state index in [2.05, 4.69) is 10.4 Å². The molecule has 2 aliphatic heterocycles. The summed E-state index contributed by atoms with van der Waals surface area (Å²) in [5.41, 5.74) is 3.52. The maximum Gasteiger partial charge on any atom is 0.0243 e. The molecule has 0 saturated carbocycles. The third kappa shape index (κ3) is 1.74. The van der Waals surface area contributed by atoms with Crippen LogP contribution in [-0.2, 0) is 0 Å². The van der Waals surface area contributed by atoms with Crippen molar-refractivity contribution in [3.05, 3.63) is 0 Å². The molecule has 2 aliphatic rings. The molecule has 2 saturated heterocycles. The van der Waals surface area contributed by atoms with Crippen LogP contribution in [0.15, 0.2) is 0 Å². The molecule has 64 valence electrons. The number of hydrogen-bond donors (Lipinski definition) is 1. The summed E-state index contributed by atoms with van der Waals surface area (Å²) in [6.07, 6.45) is 8.48. The second kappa shape index (κ2) is 3.55. The van der Waals surface area contributed by atoms with E-state index in [4.69, 9.17) is 0 Å². The fraction of sp³-hybridized carbons (Fsp3) is 1.00. The highest BCUT2D eigenvalue weighted by atomic mass is 15.5. The van der Waals surface area contributed by atoms with Crippen LogP contribution < -0.4 is 5.43 Å². The van der Waals surface area contributed by atoms with Crippen molar-refractivity contribution in [2.75, 3.05) is 13.1 Å². The molecule has 0 aromatic carbocycles. The van der Waals surface area contributed by atoms with E-state index >= 15 is 0 Å². The van der Waals surface area contributed by atoms with E-state index in [-0.39, 0.29) is 0 Å². The van der Waals surface area contributed by atoms with Crippen molar-refractivity contribution in [2.45, 2.75) is 44.6 Å². The summed E-state index contributed by atoms with van der Waals surface area (Å²) in [4.78, 5) is 0. The van der Waals surface area contributed by atoms with Crippen LogP contribution >= 0.6 is 0 Å². The first-order valence-electron chi connectivity index (χ1n) is 4.97. The summed E-state index contributed by atoms with van der Waals surface area (Å²) in [5.74, 6) is 0. The lowest BCUT2D eigenvalue weighted by molar-refractivity contribution is 0.0937. The molecule has 0 spiro atoms. The van der Waals surface area contributed by atoms with Gasteiger partial charge in [-0.3, -0.25) is 5.43 Å². The minimum atomic E-state index is 0.867. The van der Waals surface area contributed by atoms with E-state index in [1.807, 2.05) is 0 Å². The topological polar surface area (TPSA) is 15.3 Å². The van der Waals surface area contributed by atoms with E-state index < -0.39 is 0 Å². The third-order valence-electron chi connectivity index (χ3n) is 2.91. The molecule has 1 unspecified atom stereocenters. The molecule has 0 aromatic heterocycles. The van der Waals surface area contributed by atoms with Gasteiger partial charge in [-0.2, -0.15) is 0 Å². The van der Waals surface area contributed by atoms with Crippen molar-refractivity contribution in [1.29, 1.82) is 0 Å². The van der Waals surface area contributed by atoms with E-state index in [9.17, 15) is 0 Å². The number of piperidine rings is 1. The molecule has 0 amide bonds. The molecule has 0 radical (unpaired) electrons. The van der Waals surface area contributed by atoms with Crippen molar-refractivity contribution in [2.24, 2.45) is 0 Å². The molecule has 1 N–H and O–H groups in total. The van der Waals surface area contributed by atoms with Gasteiger partial charge in [-0.05, 0) is 25.7 Å². The van der Waals surface area contributed by atoms with Gasteiger partial charge in [0, 0.05) is 19.1 Å². The summed E-state index contributed by atoms with van der Waals surface area (Å²) in [5, 5.41) is 2.48. The summed E-state index contributed by atoms with van der Waals surface area (Å²) >= 11 is 0. The second-order valence-corrected chi connectivity index (χ2v) is 3.75. The summed E-state index contributed by atoms with van der Waals surface area (Å²) < 4.78 is 0. The number of hydrogen-bond acceptors (Lipinski definition) is 2. The van der Waals surface area contributed by atoms with Crippen LogP contribution in [0.5, 0.6) is 0 Å². The number of nitrogens with one attached hydrogen (secondary N) is 1. The van der Waals surface area contributed by atoms with Gasteiger partial charge in [0.25, 0.3) is 0 Å². The van der Waals surface area contributed by atoms with Crippen molar-refractivity contribution in [3.8, 4) is 0 Å². The van der Waals surface area contributed by atoms with Gasteiger partial charge in [-0.15, -0.1) is 0 Å². The molecule has 2 rings (SSSR count). The van der Waals surface area contributed by atoms with E-state index in [0.717, 1.165) is 6.04 Å². The van der Waals surface area contributed by atoms with Crippen LogP contribution in [0.25, 0.3) is 0 Å². The molecule has 11 heavy (non-hydrogen) atoms. The Morgan fingerprint density at radius 3 is 2.73 bits per heavy atom. The third-order valence-corrected chi connectivity index (χ3v) is 2.91. The number of nitrogens with zero attached hydrogens (tertiary/aromatic N) is 1. The van der Waals surface area contributed by atoms with Crippen molar-refractivity contribution in [1.82, 2.24) is 10.4 Å². The Morgan fingerprint density at radius 2 is 1.82 bits per heavy atom. The highest BCUT2D eigenvalue weighted by Crippen LogP contribution is 2.21. The van der Waals surface area contributed by atoms with E-state index in [1.54, 1.807) is 0 Å². The minimum absolute atomic E-state index is 0.867. The first-order chi connectivity index (χ1) is 5.47. The highest BCUT2D eigenvalue weighted by molar-refractivity contribution is 4.76. The molecule has 0 bridgehead atoms. The van der Waals surface area contributed by atoms with Gasteiger partial charge in [-0.25, -0.2) is 5.01 Å². The van der Waals surface area contributed by atoms with E-state index in [0.29, 0.717) is 0 Å². The predicted molar refractivity (Wildman–Crippen MR) is 46.2 cm³/mol. The van der Waals surface area contributed by atoms with E-state index in [1.165, 1.54) is 51.6 Å². The van der Waals surface area contributed by atoms with Gasteiger partial charge in [0.15, 0.2) is 0 Å². The maximum atomic E-state index is 3.52. The zero-order valence-electron chi connectivity index (χ0n) is 7.18. The molecular formula is C9H18N2. The van der Waals surface area contributed by atoms with Crippen molar-refractivity contribution < 1.29 is 0 Å². The molecule has 0 aromatic rings. The Morgan fingerprint density at radius 1 is 1.00 bits per heavy atom. The normalized spacial score (nSPS) is 34.4. The van der Waals surface area contributed by atoms with Crippen LogP contribution in [0, 0.1) is 0 Å². The van der Waals surface area contributed by atoms with Gasteiger partial charge in [0.05, 0.1) is 0 Å². The average molecular weight is 154 g/mol. The van der Waals surface area contributed by atoms with Gasteiger partial charge in [0.2, 0.25) is 0 Å². The molecule has 0 aliphatic carbocycles. The number of hydrazine groups is 1. The minimum Gasteiger partial charge on any atom is -0.255 e. The fourth-order valence-electron chi connectivity index (χ4n) is 2.24. The summed E-state index contributed by atoms with van der Waals surface area (Å²) in [7, 11) is 0. The van der Waals surface area contributed by atoms with Crippen LogP contribution in [0.3, 0.4) is 0 Å². The molecule has 1 atom stereocenters. The van der Waals surface area contributed by atoms with Crippen LogP contribution in [0.1, 0.15) is 38.5 Å². The Hall–Kier alpha value is -0.0800. The Bertz CT molecular complexity index is 111.